The minimum Gasteiger partial charge on any atom is -0.449 e. The minimum absolute atomic E-state index is 0.117. The maximum absolute atomic E-state index is 14.2. The molecule has 0 aromatic heterocycles. The van der Waals surface area contributed by atoms with Gasteiger partial charge in [-0.25, -0.2) is 22.8 Å². The topological polar surface area (TPSA) is 73.9 Å². The fraction of sp³-hybridized carbons (Fsp3) is 0.310. The number of nitrogens with one attached hydrogen (secondary N) is 1. The lowest BCUT2D eigenvalue weighted by Gasteiger charge is -2.30. The van der Waals surface area contributed by atoms with Crippen molar-refractivity contribution in [2.75, 3.05) is 6.61 Å². The van der Waals surface area contributed by atoms with Crippen LogP contribution in [0.4, 0.5) is 26.7 Å². The van der Waals surface area contributed by atoms with Crippen LogP contribution in [-0.2, 0) is 14.3 Å². The summed E-state index contributed by atoms with van der Waals surface area (Å²) in [5, 5.41) is 2.24. The summed E-state index contributed by atoms with van der Waals surface area (Å²) >= 11 is 0. The van der Waals surface area contributed by atoms with Gasteiger partial charge in [-0.3, -0.25) is 0 Å². The van der Waals surface area contributed by atoms with E-state index in [1.807, 2.05) is 48.5 Å². The third-order valence-electron chi connectivity index (χ3n) is 6.25. The van der Waals surface area contributed by atoms with Crippen LogP contribution in [0.2, 0.25) is 0 Å². The predicted molar refractivity (Wildman–Crippen MR) is 134 cm³/mol. The molecule has 0 aliphatic heterocycles. The minimum atomic E-state index is -2.41. The highest BCUT2D eigenvalue weighted by Crippen LogP contribution is 2.44. The molecule has 1 aliphatic carbocycles. The van der Waals surface area contributed by atoms with Crippen LogP contribution in [0.1, 0.15) is 44.7 Å². The summed E-state index contributed by atoms with van der Waals surface area (Å²) in [5.41, 5.74) is 2.99. The SMILES string of the molecule is CC(OC(C)(C)C)C(NC(=O)OCC1c2ccccc2-c2ccccc21)C(=O)Oc1c(F)c(F)c(F)c(F)c1F. The number of benzene rings is 3. The molecule has 1 N–H and O–H groups in total. The molecule has 2 atom stereocenters. The number of hydrogen-bond acceptors (Lipinski definition) is 5. The lowest BCUT2D eigenvalue weighted by Crippen LogP contribution is -2.52. The van der Waals surface area contributed by atoms with Crippen molar-refractivity contribution in [2.24, 2.45) is 0 Å². The lowest BCUT2D eigenvalue weighted by molar-refractivity contribution is -0.144. The van der Waals surface area contributed by atoms with Gasteiger partial charge in [-0.05, 0) is 49.9 Å². The zero-order valence-electron chi connectivity index (χ0n) is 22.0. The van der Waals surface area contributed by atoms with Crippen molar-refractivity contribution in [1.29, 1.82) is 0 Å². The third kappa shape index (κ3) is 5.79. The van der Waals surface area contributed by atoms with Crippen molar-refractivity contribution >= 4 is 12.1 Å². The van der Waals surface area contributed by atoms with Gasteiger partial charge >= 0.3 is 12.1 Å². The smallest absolute Gasteiger partial charge is 0.407 e. The molecule has 6 nitrogen and oxygen atoms in total. The van der Waals surface area contributed by atoms with E-state index in [1.165, 1.54) is 6.92 Å². The molecule has 11 heteroatoms. The standard InChI is InChI=1S/C29H26F5NO5/c1-14(40-29(2,3)4)25(27(36)39-26-23(33)21(31)20(30)22(32)24(26)34)35-28(37)38-13-19-17-11-7-5-9-15(17)16-10-6-8-12-18(16)19/h5-12,14,19,25H,13H2,1-4H3,(H,35,37). The van der Waals surface area contributed by atoms with E-state index in [4.69, 9.17) is 9.47 Å². The van der Waals surface area contributed by atoms with Gasteiger partial charge in [0, 0.05) is 5.92 Å². The van der Waals surface area contributed by atoms with Crippen LogP contribution < -0.4 is 10.1 Å². The molecule has 3 aromatic rings. The Kier molecular flexibility index (Phi) is 8.15. The summed E-state index contributed by atoms with van der Waals surface area (Å²) in [6, 6.07) is 13.5. The molecular formula is C29H26F5NO5. The van der Waals surface area contributed by atoms with Gasteiger partial charge in [0.15, 0.2) is 6.04 Å². The lowest BCUT2D eigenvalue weighted by atomic mass is 9.98. The van der Waals surface area contributed by atoms with Crippen LogP contribution in [0, 0.1) is 29.1 Å². The number of amides is 1. The van der Waals surface area contributed by atoms with Crippen molar-refractivity contribution in [3.63, 3.8) is 0 Å². The molecule has 0 fully saturated rings. The molecule has 1 aliphatic rings. The molecule has 0 radical (unpaired) electrons. The fourth-order valence-corrected chi connectivity index (χ4v) is 4.60. The Labute approximate surface area is 227 Å². The summed E-state index contributed by atoms with van der Waals surface area (Å²) in [6.07, 6.45) is -2.26. The zero-order valence-corrected chi connectivity index (χ0v) is 22.0. The van der Waals surface area contributed by atoms with Crippen LogP contribution in [-0.4, -0.2) is 36.4 Å². The maximum Gasteiger partial charge on any atom is 0.407 e. The molecule has 2 unspecified atom stereocenters. The van der Waals surface area contributed by atoms with Gasteiger partial charge in [-0.2, -0.15) is 8.78 Å². The van der Waals surface area contributed by atoms with Crippen molar-refractivity contribution in [1.82, 2.24) is 5.32 Å². The molecule has 0 saturated carbocycles. The van der Waals surface area contributed by atoms with Crippen molar-refractivity contribution in [2.45, 2.75) is 51.4 Å². The van der Waals surface area contributed by atoms with E-state index in [-0.39, 0.29) is 12.5 Å². The van der Waals surface area contributed by atoms with Crippen molar-refractivity contribution in [3.8, 4) is 16.9 Å². The van der Waals surface area contributed by atoms with E-state index in [2.05, 4.69) is 10.1 Å². The Bertz CT molecular complexity index is 1380. The van der Waals surface area contributed by atoms with Crippen LogP contribution in [0.15, 0.2) is 48.5 Å². The number of esters is 1. The van der Waals surface area contributed by atoms with Crippen LogP contribution in [0.25, 0.3) is 11.1 Å². The van der Waals surface area contributed by atoms with E-state index >= 15 is 0 Å². The number of carbonyl (C=O) groups excluding carboxylic acids is 2. The second-order valence-corrected chi connectivity index (χ2v) is 10.2. The van der Waals surface area contributed by atoms with Gasteiger partial charge in [-0.15, -0.1) is 0 Å². The highest BCUT2D eigenvalue weighted by Gasteiger charge is 2.36. The summed E-state index contributed by atoms with van der Waals surface area (Å²) < 4.78 is 84.7. The zero-order chi connectivity index (χ0) is 29.4. The summed E-state index contributed by atoms with van der Waals surface area (Å²) in [4.78, 5) is 25.8. The van der Waals surface area contributed by atoms with E-state index in [1.54, 1.807) is 20.8 Å². The largest absolute Gasteiger partial charge is 0.449 e. The number of rotatable bonds is 7. The summed E-state index contributed by atoms with van der Waals surface area (Å²) in [5.74, 6) is -15.3. The van der Waals surface area contributed by atoms with Crippen LogP contribution in [0.5, 0.6) is 5.75 Å². The first-order chi connectivity index (χ1) is 18.8. The molecule has 0 bridgehead atoms. The number of halogens is 5. The molecule has 40 heavy (non-hydrogen) atoms. The average molecular weight is 564 g/mol. The van der Waals surface area contributed by atoms with Crippen molar-refractivity contribution in [3.05, 3.63) is 88.7 Å². The first-order valence-corrected chi connectivity index (χ1v) is 12.3. The van der Waals surface area contributed by atoms with Crippen LogP contribution in [0.3, 0.4) is 0 Å². The number of fused-ring (bicyclic) bond motifs is 3. The molecule has 0 saturated heterocycles. The van der Waals surface area contributed by atoms with Gasteiger partial charge in [0.1, 0.15) is 6.61 Å². The number of hydrogen-bond donors (Lipinski definition) is 1. The first-order valence-electron chi connectivity index (χ1n) is 12.3. The van der Waals surface area contributed by atoms with E-state index in [9.17, 15) is 31.5 Å². The monoisotopic (exact) mass is 563 g/mol. The Balaban J connectivity index is 1.54. The van der Waals surface area contributed by atoms with Crippen molar-refractivity contribution < 1.29 is 45.8 Å². The number of alkyl carbamates (subject to hydrolysis) is 1. The van der Waals surface area contributed by atoms with Gasteiger partial charge < -0.3 is 19.5 Å². The first kappa shape index (κ1) is 29.0. The van der Waals surface area contributed by atoms with E-state index < -0.39 is 64.6 Å². The van der Waals surface area contributed by atoms with E-state index in [0.717, 1.165) is 22.3 Å². The number of ether oxygens (including phenoxy) is 3. The molecule has 0 spiro atoms. The van der Waals surface area contributed by atoms with Gasteiger partial charge in [0.25, 0.3) is 0 Å². The normalized spacial score (nSPS) is 14.2. The average Bonchev–Trinajstić information content (AvgIpc) is 3.23. The summed E-state index contributed by atoms with van der Waals surface area (Å²) in [7, 11) is 0. The highest BCUT2D eigenvalue weighted by molar-refractivity contribution is 5.84. The Morgan fingerprint density at radius 2 is 1.30 bits per heavy atom. The molecule has 0 heterocycles. The second kappa shape index (κ2) is 11.2. The molecule has 1 amide bonds. The highest BCUT2D eigenvalue weighted by atomic mass is 19.2. The maximum atomic E-state index is 14.2. The quantitative estimate of drug-likeness (QED) is 0.118. The van der Waals surface area contributed by atoms with Gasteiger partial charge in [0.05, 0.1) is 11.7 Å². The molecular weight excluding hydrogens is 537 g/mol. The fourth-order valence-electron chi connectivity index (χ4n) is 4.60. The third-order valence-corrected chi connectivity index (χ3v) is 6.25. The van der Waals surface area contributed by atoms with Crippen LogP contribution >= 0.6 is 0 Å². The molecule has 212 valence electrons. The molecule has 3 aromatic carbocycles. The Hall–Kier alpha value is -3.99. The number of carbonyl (C=O) groups is 2. The predicted octanol–water partition coefficient (Wildman–Crippen LogP) is 6.40. The Morgan fingerprint density at radius 1 is 0.825 bits per heavy atom. The van der Waals surface area contributed by atoms with E-state index in [0.29, 0.717) is 0 Å². The van der Waals surface area contributed by atoms with Gasteiger partial charge in [0.2, 0.25) is 34.8 Å². The second-order valence-electron chi connectivity index (χ2n) is 10.2. The van der Waals surface area contributed by atoms with Gasteiger partial charge in [-0.1, -0.05) is 48.5 Å². The Morgan fingerprint density at radius 3 is 1.80 bits per heavy atom. The molecule has 4 rings (SSSR count). The summed E-state index contributed by atoms with van der Waals surface area (Å²) in [6.45, 7) is 6.17.